The molecular weight excluding hydrogens is 106 g/mol. The summed E-state index contributed by atoms with van der Waals surface area (Å²) in [6, 6.07) is 0. The molecule has 0 spiro atoms. The molecule has 1 N–H and O–H groups in total. The average molecular weight is 119 g/mol. The van der Waals surface area contributed by atoms with Gasteiger partial charge in [-0.1, -0.05) is 0 Å². The number of hydrogen-bond donors (Lipinski definition) is 1. The summed E-state index contributed by atoms with van der Waals surface area (Å²) in [6.45, 7) is 3.76. The van der Waals surface area contributed by atoms with Crippen LogP contribution in [-0.2, 0) is 0 Å². The summed E-state index contributed by atoms with van der Waals surface area (Å²) in [7, 11) is 1.89. The molecule has 0 amide bonds. The largest absolute Gasteiger partial charge is 0.419 e. The van der Waals surface area contributed by atoms with Crippen LogP contribution in [0.15, 0.2) is 0 Å². The molecule has 0 fully saturated rings. The summed E-state index contributed by atoms with van der Waals surface area (Å²) in [6.07, 6.45) is 0. The topological polar surface area (TPSA) is 23.5 Å². The van der Waals surface area contributed by atoms with E-state index in [4.69, 9.17) is 4.80 Å². The maximum atomic E-state index is 9.16. The van der Waals surface area contributed by atoms with E-state index in [-0.39, 0.29) is 0 Å². The van der Waals surface area contributed by atoms with E-state index in [1.807, 2.05) is 31.8 Å². The van der Waals surface area contributed by atoms with Gasteiger partial charge in [-0.2, -0.15) is 0 Å². The van der Waals surface area contributed by atoms with E-state index < -0.39 is 8.48 Å². The molecule has 7 heavy (non-hydrogen) atoms. The Morgan fingerprint density at radius 2 is 1.43 bits per heavy atom. The van der Waals surface area contributed by atoms with Gasteiger partial charge in [-0.3, -0.25) is 0 Å². The summed E-state index contributed by atoms with van der Waals surface area (Å²) in [4.78, 5) is 9.16. The average Bonchev–Trinajstić information content (AvgIpc) is 1.31. The highest BCUT2D eigenvalue weighted by Crippen LogP contribution is 1.96. The van der Waals surface area contributed by atoms with Gasteiger partial charge in [-0.25, -0.2) is 0 Å². The van der Waals surface area contributed by atoms with Crippen LogP contribution in [0.4, 0.5) is 0 Å². The Balaban J connectivity index is 3.54. The third-order valence-corrected chi connectivity index (χ3v) is 3.28. The first-order chi connectivity index (χ1) is 2.94. The van der Waals surface area contributed by atoms with Crippen molar-refractivity contribution in [2.45, 2.75) is 13.1 Å². The molecule has 0 aromatic heterocycles. The van der Waals surface area contributed by atoms with Crippen LogP contribution in [0.5, 0.6) is 0 Å². The molecule has 0 aliphatic carbocycles. The molecule has 0 aliphatic heterocycles. The van der Waals surface area contributed by atoms with Crippen LogP contribution in [0, 0.1) is 0 Å². The predicted molar refractivity (Wildman–Crippen MR) is 33.4 cm³/mol. The summed E-state index contributed by atoms with van der Waals surface area (Å²) >= 11 is 0. The Labute approximate surface area is 46.0 Å². The zero-order chi connectivity index (χ0) is 6.08. The highest BCUT2D eigenvalue weighted by Gasteiger charge is 2.18. The standard InChI is InChI=1S/C4H13NOSi/c1-5(2)7(3,4)6/h6H,1-4H3. The van der Waals surface area contributed by atoms with Gasteiger partial charge in [-0.05, 0) is 27.2 Å². The van der Waals surface area contributed by atoms with Crippen molar-refractivity contribution in [3.8, 4) is 0 Å². The maximum Gasteiger partial charge on any atom is 0.261 e. The molecule has 0 bridgehead atoms. The Morgan fingerprint density at radius 1 is 1.29 bits per heavy atom. The molecule has 44 valence electrons. The molecule has 0 aliphatic rings. The van der Waals surface area contributed by atoms with E-state index in [1.54, 1.807) is 0 Å². The second-order valence-corrected chi connectivity index (χ2v) is 6.27. The lowest BCUT2D eigenvalue weighted by atomic mass is 11.3. The molecule has 0 radical (unpaired) electrons. The SMILES string of the molecule is CN(C)[Si](C)(C)O. The molecule has 0 saturated heterocycles. The lowest BCUT2D eigenvalue weighted by Crippen LogP contribution is -2.43. The van der Waals surface area contributed by atoms with Gasteiger partial charge in [0, 0.05) is 0 Å². The van der Waals surface area contributed by atoms with Crippen molar-refractivity contribution in [1.82, 2.24) is 4.57 Å². The monoisotopic (exact) mass is 119 g/mol. The zero-order valence-corrected chi connectivity index (χ0v) is 6.39. The van der Waals surface area contributed by atoms with Gasteiger partial charge in [-0.15, -0.1) is 0 Å². The lowest BCUT2D eigenvalue weighted by molar-refractivity contribution is 0.437. The fourth-order valence-electron chi connectivity index (χ4n) is 0. The first-order valence-corrected chi connectivity index (χ1v) is 5.24. The van der Waals surface area contributed by atoms with E-state index in [9.17, 15) is 0 Å². The van der Waals surface area contributed by atoms with Crippen molar-refractivity contribution in [2.75, 3.05) is 14.1 Å². The first-order valence-electron chi connectivity index (χ1n) is 2.34. The Hall–Kier alpha value is 0.137. The molecule has 0 saturated carbocycles. The normalized spacial score (nSPS) is 12.9. The van der Waals surface area contributed by atoms with Crippen LogP contribution in [0.2, 0.25) is 13.1 Å². The van der Waals surface area contributed by atoms with Crippen LogP contribution >= 0.6 is 0 Å². The second-order valence-electron chi connectivity index (χ2n) is 2.39. The van der Waals surface area contributed by atoms with Crippen LogP contribution in [0.1, 0.15) is 0 Å². The molecular formula is C4H13NOSi. The highest BCUT2D eigenvalue weighted by atomic mass is 28.4. The zero-order valence-electron chi connectivity index (χ0n) is 5.39. The molecule has 0 aromatic rings. The molecule has 3 heteroatoms. The molecule has 0 aromatic carbocycles. The fourth-order valence-corrected chi connectivity index (χ4v) is 0. The third-order valence-electron chi connectivity index (χ3n) is 1.09. The van der Waals surface area contributed by atoms with Gasteiger partial charge in [0.15, 0.2) is 0 Å². The highest BCUT2D eigenvalue weighted by molar-refractivity contribution is 6.66. The molecule has 0 rings (SSSR count). The third kappa shape index (κ3) is 2.79. The Morgan fingerprint density at radius 3 is 1.43 bits per heavy atom. The van der Waals surface area contributed by atoms with Crippen LogP contribution in [0.25, 0.3) is 0 Å². The van der Waals surface area contributed by atoms with E-state index in [0.717, 1.165) is 0 Å². The summed E-state index contributed by atoms with van der Waals surface area (Å²) in [5.41, 5.74) is 0. The smallest absolute Gasteiger partial charge is 0.261 e. The minimum absolute atomic E-state index is 1.88. The molecule has 2 nitrogen and oxygen atoms in total. The van der Waals surface area contributed by atoms with Crippen molar-refractivity contribution in [1.29, 1.82) is 0 Å². The minimum atomic E-state index is -1.90. The summed E-state index contributed by atoms with van der Waals surface area (Å²) in [5.74, 6) is 0. The fraction of sp³-hybridized carbons (Fsp3) is 1.00. The van der Waals surface area contributed by atoms with Gasteiger partial charge in [0.1, 0.15) is 0 Å². The van der Waals surface area contributed by atoms with Crippen molar-refractivity contribution < 1.29 is 4.80 Å². The molecule has 0 atom stereocenters. The van der Waals surface area contributed by atoms with Gasteiger partial charge in [0.2, 0.25) is 0 Å². The van der Waals surface area contributed by atoms with Gasteiger partial charge < -0.3 is 9.36 Å². The maximum absolute atomic E-state index is 9.16. The predicted octanol–water partition coefficient (Wildman–Crippen LogP) is 0.242. The second kappa shape index (κ2) is 1.94. The van der Waals surface area contributed by atoms with Crippen LogP contribution in [0.3, 0.4) is 0 Å². The van der Waals surface area contributed by atoms with Crippen molar-refractivity contribution >= 4 is 8.48 Å². The van der Waals surface area contributed by atoms with Crippen LogP contribution < -0.4 is 0 Å². The Bertz CT molecular complexity index is 57.2. The van der Waals surface area contributed by atoms with Gasteiger partial charge in [0.05, 0.1) is 0 Å². The molecule has 0 unspecified atom stereocenters. The Kier molecular flexibility index (Phi) is 1.98. The molecule has 0 heterocycles. The van der Waals surface area contributed by atoms with Gasteiger partial charge in [0.25, 0.3) is 8.48 Å². The number of hydrogen-bond acceptors (Lipinski definition) is 2. The first kappa shape index (κ1) is 7.14. The number of rotatable bonds is 1. The lowest BCUT2D eigenvalue weighted by Gasteiger charge is -2.21. The van der Waals surface area contributed by atoms with E-state index in [2.05, 4.69) is 0 Å². The van der Waals surface area contributed by atoms with Crippen molar-refractivity contribution in [3.63, 3.8) is 0 Å². The minimum Gasteiger partial charge on any atom is -0.419 e. The quantitative estimate of drug-likeness (QED) is 0.500. The number of nitrogens with zero attached hydrogens (tertiary/aromatic N) is 1. The van der Waals surface area contributed by atoms with Crippen molar-refractivity contribution in [2.24, 2.45) is 0 Å². The van der Waals surface area contributed by atoms with E-state index >= 15 is 0 Å². The summed E-state index contributed by atoms with van der Waals surface area (Å²) in [5, 5.41) is 0. The van der Waals surface area contributed by atoms with E-state index in [0.29, 0.717) is 0 Å². The van der Waals surface area contributed by atoms with E-state index in [1.165, 1.54) is 0 Å². The van der Waals surface area contributed by atoms with Crippen molar-refractivity contribution in [3.05, 3.63) is 0 Å². The van der Waals surface area contributed by atoms with Crippen LogP contribution in [-0.4, -0.2) is 31.9 Å². The van der Waals surface area contributed by atoms with Gasteiger partial charge >= 0.3 is 0 Å². The summed E-state index contributed by atoms with van der Waals surface area (Å²) < 4.78 is 1.88.